The molecule has 8 nitrogen and oxygen atoms in total. The Morgan fingerprint density at radius 2 is 1.64 bits per heavy atom. The van der Waals surface area contributed by atoms with Crippen molar-refractivity contribution in [3.8, 4) is 0 Å². The van der Waals surface area contributed by atoms with E-state index in [4.69, 9.17) is 0 Å². The van der Waals surface area contributed by atoms with Gasteiger partial charge in [-0.3, -0.25) is 20.2 Å². The van der Waals surface area contributed by atoms with Crippen LogP contribution in [0.15, 0.2) is 42.5 Å². The molecule has 0 spiro atoms. The van der Waals surface area contributed by atoms with Crippen LogP contribution in [0.25, 0.3) is 11.0 Å². The van der Waals surface area contributed by atoms with Gasteiger partial charge in [-0.05, 0) is 5.56 Å². The van der Waals surface area contributed by atoms with Gasteiger partial charge in [0.2, 0.25) is 0 Å². The SMILES string of the molecule is O=[N+]([O-])c1cc2nc(Cc3ccccc3)[nH]c2cc1[N+](=O)[O-]. The van der Waals surface area contributed by atoms with Crippen molar-refractivity contribution in [2.45, 2.75) is 6.42 Å². The second-order valence-corrected chi connectivity index (χ2v) is 4.72. The quantitative estimate of drug-likeness (QED) is 0.587. The Bertz CT molecular complexity index is 822. The maximum absolute atomic E-state index is 10.9. The first kappa shape index (κ1) is 13.7. The fraction of sp³-hybridized carbons (Fsp3) is 0.0714. The molecule has 8 heteroatoms. The van der Waals surface area contributed by atoms with Gasteiger partial charge in [0.1, 0.15) is 5.82 Å². The van der Waals surface area contributed by atoms with Gasteiger partial charge in [-0.15, -0.1) is 0 Å². The van der Waals surface area contributed by atoms with Gasteiger partial charge in [0.15, 0.2) is 0 Å². The third-order valence-corrected chi connectivity index (χ3v) is 3.24. The highest BCUT2D eigenvalue weighted by Gasteiger charge is 2.26. The van der Waals surface area contributed by atoms with Crippen LogP contribution in [0.3, 0.4) is 0 Å². The molecule has 0 radical (unpaired) electrons. The summed E-state index contributed by atoms with van der Waals surface area (Å²) in [6.07, 6.45) is 0.511. The summed E-state index contributed by atoms with van der Waals surface area (Å²) in [4.78, 5) is 27.6. The van der Waals surface area contributed by atoms with Gasteiger partial charge in [0.25, 0.3) is 0 Å². The van der Waals surface area contributed by atoms with Gasteiger partial charge in [-0.2, -0.15) is 0 Å². The number of hydrogen-bond acceptors (Lipinski definition) is 5. The number of nitrogens with zero attached hydrogens (tertiary/aromatic N) is 3. The van der Waals surface area contributed by atoms with Crippen LogP contribution in [0.4, 0.5) is 11.4 Å². The van der Waals surface area contributed by atoms with Gasteiger partial charge < -0.3 is 4.98 Å². The number of aromatic amines is 1. The molecule has 0 bridgehead atoms. The maximum Gasteiger partial charge on any atom is 0.348 e. The maximum atomic E-state index is 10.9. The van der Waals surface area contributed by atoms with Crippen molar-refractivity contribution in [2.75, 3.05) is 0 Å². The van der Waals surface area contributed by atoms with E-state index in [9.17, 15) is 20.2 Å². The lowest BCUT2D eigenvalue weighted by atomic mass is 10.1. The minimum absolute atomic E-state index is 0.336. The standard InChI is InChI=1S/C14H10N4O4/c19-17(20)12-7-10-11(8-13(12)18(21)22)16-14(15-10)6-9-4-2-1-3-5-9/h1-5,7-8H,6H2,(H,15,16). The zero-order valence-electron chi connectivity index (χ0n) is 11.2. The Balaban J connectivity index is 2.06. The molecular formula is C14H10N4O4. The Labute approximate surface area is 123 Å². The highest BCUT2D eigenvalue weighted by atomic mass is 16.6. The summed E-state index contributed by atoms with van der Waals surface area (Å²) in [5.41, 5.74) is 0.652. The summed E-state index contributed by atoms with van der Waals surface area (Å²) < 4.78 is 0. The Morgan fingerprint density at radius 1 is 1.00 bits per heavy atom. The average Bonchev–Trinajstić information content (AvgIpc) is 2.87. The van der Waals surface area contributed by atoms with Crippen molar-refractivity contribution in [1.29, 1.82) is 0 Å². The summed E-state index contributed by atoms with van der Waals surface area (Å²) >= 11 is 0. The first-order valence-corrected chi connectivity index (χ1v) is 6.40. The molecule has 0 aliphatic carbocycles. The van der Waals surface area contributed by atoms with E-state index in [2.05, 4.69) is 9.97 Å². The molecule has 0 aliphatic heterocycles. The number of fused-ring (bicyclic) bond motifs is 1. The summed E-state index contributed by atoms with van der Waals surface area (Å²) in [6, 6.07) is 11.8. The summed E-state index contributed by atoms with van der Waals surface area (Å²) in [7, 11) is 0. The average molecular weight is 298 g/mol. The summed E-state index contributed by atoms with van der Waals surface area (Å²) in [5.74, 6) is 0.594. The third kappa shape index (κ3) is 2.49. The van der Waals surface area contributed by atoms with Crippen molar-refractivity contribution >= 4 is 22.4 Å². The molecule has 110 valence electrons. The van der Waals surface area contributed by atoms with Crippen LogP contribution in [0.5, 0.6) is 0 Å². The van der Waals surface area contributed by atoms with Crippen molar-refractivity contribution in [1.82, 2.24) is 9.97 Å². The van der Waals surface area contributed by atoms with E-state index in [0.29, 0.717) is 23.3 Å². The van der Waals surface area contributed by atoms with Gasteiger partial charge >= 0.3 is 11.4 Å². The lowest BCUT2D eigenvalue weighted by Crippen LogP contribution is -1.96. The monoisotopic (exact) mass is 298 g/mol. The molecule has 1 heterocycles. The van der Waals surface area contributed by atoms with E-state index in [1.165, 1.54) is 0 Å². The van der Waals surface area contributed by atoms with Crippen molar-refractivity contribution in [3.63, 3.8) is 0 Å². The van der Waals surface area contributed by atoms with Crippen LogP contribution in [-0.4, -0.2) is 19.8 Å². The van der Waals surface area contributed by atoms with Gasteiger partial charge in [0.05, 0.1) is 26.9 Å². The molecule has 0 saturated heterocycles. The normalized spacial score (nSPS) is 10.7. The zero-order valence-corrected chi connectivity index (χ0v) is 11.2. The zero-order chi connectivity index (χ0) is 15.7. The first-order valence-electron chi connectivity index (χ1n) is 6.40. The topological polar surface area (TPSA) is 115 Å². The molecule has 0 amide bonds. The summed E-state index contributed by atoms with van der Waals surface area (Å²) in [6.45, 7) is 0. The number of aromatic nitrogens is 2. The minimum Gasteiger partial charge on any atom is -0.341 e. The number of imidazole rings is 1. The van der Waals surface area contributed by atoms with Gasteiger partial charge in [-0.25, -0.2) is 4.98 Å². The number of hydrogen-bond donors (Lipinski definition) is 1. The number of nitro benzene ring substituents is 2. The molecule has 3 rings (SSSR count). The van der Waals surface area contributed by atoms with Crippen LogP contribution in [0, 0.1) is 20.2 Å². The lowest BCUT2D eigenvalue weighted by Gasteiger charge is -1.96. The minimum atomic E-state index is -0.775. The fourth-order valence-corrected chi connectivity index (χ4v) is 2.25. The van der Waals surface area contributed by atoms with Crippen LogP contribution in [0.1, 0.15) is 11.4 Å². The molecule has 1 aromatic heterocycles. The van der Waals surface area contributed by atoms with E-state index in [0.717, 1.165) is 17.7 Å². The molecule has 0 atom stereocenters. The molecular weight excluding hydrogens is 288 g/mol. The van der Waals surface area contributed by atoms with Crippen LogP contribution >= 0.6 is 0 Å². The van der Waals surface area contributed by atoms with E-state index in [-0.39, 0.29) is 0 Å². The van der Waals surface area contributed by atoms with Crippen molar-refractivity contribution in [3.05, 3.63) is 74.1 Å². The molecule has 1 N–H and O–H groups in total. The van der Waals surface area contributed by atoms with Crippen LogP contribution in [0.2, 0.25) is 0 Å². The second kappa shape index (κ2) is 5.24. The highest BCUT2D eigenvalue weighted by molar-refractivity contribution is 5.82. The highest BCUT2D eigenvalue weighted by Crippen LogP contribution is 2.31. The smallest absolute Gasteiger partial charge is 0.341 e. The molecule has 0 aliphatic rings. The second-order valence-electron chi connectivity index (χ2n) is 4.72. The molecule has 22 heavy (non-hydrogen) atoms. The van der Waals surface area contributed by atoms with E-state index < -0.39 is 21.2 Å². The third-order valence-electron chi connectivity index (χ3n) is 3.24. The van der Waals surface area contributed by atoms with Crippen LogP contribution < -0.4 is 0 Å². The molecule has 3 aromatic rings. The number of H-pyrrole nitrogens is 1. The van der Waals surface area contributed by atoms with Gasteiger partial charge in [-0.1, -0.05) is 30.3 Å². The number of benzene rings is 2. The van der Waals surface area contributed by atoms with Crippen LogP contribution in [-0.2, 0) is 6.42 Å². The van der Waals surface area contributed by atoms with Crippen molar-refractivity contribution < 1.29 is 9.85 Å². The fourth-order valence-electron chi connectivity index (χ4n) is 2.25. The first-order chi connectivity index (χ1) is 10.5. The Morgan fingerprint density at radius 3 is 2.27 bits per heavy atom. The predicted molar refractivity (Wildman–Crippen MR) is 78.7 cm³/mol. The molecule has 0 unspecified atom stereocenters. The van der Waals surface area contributed by atoms with E-state index in [1.54, 1.807) is 0 Å². The molecule has 0 saturated carbocycles. The van der Waals surface area contributed by atoms with E-state index in [1.807, 2.05) is 30.3 Å². The number of nitro groups is 2. The summed E-state index contributed by atoms with van der Waals surface area (Å²) in [5, 5.41) is 21.9. The van der Waals surface area contributed by atoms with Gasteiger partial charge in [0, 0.05) is 12.5 Å². The molecule has 2 aromatic carbocycles. The number of rotatable bonds is 4. The van der Waals surface area contributed by atoms with Crippen molar-refractivity contribution in [2.24, 2.45) is 0 Å². The Kier molecular flexibility index (Phi) is 3.26. The molecule has 0 fully saturated rings. The largest absolute Gasteiger partial charge is 0.348 e. The lowest BCUT2D eigenvalue weighted by molar-refractivity contribution is -0.422. The predicted octanol–water partition coefficient (Wildman–Crippen LogP) is 2.97. The van der Waals surface area contributed by atoms with E-state index >= 15 is 0 Å². The number of nitrogens with one attached hydrogen (secondary N) is 1. The Hall–Kier alpha value is -3.29.